The van der Waals surface area contributed by atoms with Gasteiger partial charge in [-0.1, -0.05) is 79.0 Å². The molecule has 1 aromatic carbocycles. The maximum atomic E-state index is 8.39. The summed E-state index contributed by atoms with van der Waals surface area (Å²) in [7, 11) is 0. The fourth-order valence-electron chi connectivity index (χ4n) is 3.49. The number of aromatic nitrogens is 2. The standard InChI is InChI=1S/C21H18N3.C3H8O.K/c22-20-11-16(12-21-19(20)13-23-14-24-21)18-10-6-2-5-9-17(18)15-7-3-1-4-8-15;1-2-3-4;/h1,3-10,13,16,22H,2,11-12H2;4H,2-3H2,1H3;/q-1;;+1. The first-order chi connectivity index (χ1) is 13.7. The van der Waals surface area contributed by atoms with Crippen LogP contribution in [0.5, 0.6) is 0 Å². The van der Waals surface area contributed by atoms with Gasteiger partial charge in [-0.2, -0.15) is 0 Å². The molecule has 0 saturated heterocycles. The van der Waals surface area contributed by atoms with E-state index >= 15 is 0 Å². The van der Waals surface area contributed by atoms with Gasteiger partial charge < -0.3 is 20.5 Å². The number of allylic oxidation sites excluding steroid dienone is 6. The molecular formula is C24H26KN3O. The van der Waals surface area contributed by atoms with Gasteiger partial charge in [0, 0.05) is 18.6 Å². The van der Waals surface area contributed by atoms with E-state index in [1.165, 1.54) is 16.7 Å². The number of aliphatic hydroxyl groups excluding tert-OH is 1. The first-order valence-corrected chi connectivity index (χ1v) is 9.77. The Kier molecular flexibility index (Phi) is 10.3. The van der Waals surface area contributed by atoms with Crippen LogP contribution in [0.15, 0.2) is 66.4 Å². The Morgan fingerprint density at radius 3 is 2.59 bits per heavy atom. The Hall–Kier alpha value is -1.21. The molecule has 1 atom stereocenters. The second-order valence-corrected chi connectivity index (χ2v) is 6.91. The van der Waals surface area contributed by atoms with Crippen LogP contribution in [-0.4, -0.2) is 27.4 Å². The van der Waals surface area contributed by atoms with Crippen molar-refractivity contribution in [2.75, 3.05) is 6.61 Å². The summed E-state index contributed by atoms with van der Waals surface area (Å²) in [6.07, 6.45) is 16.6. The zero-order valence-corrected chi connectivity index (χ0v) is 20.4. The van der Waals surface area contributed by atoms with Crippen LogP contribution < -0.4 is 51.4 Å². The molecule has 29 heavy (non-hydrogen) atoms. The van der Waals surface area contributed by atoms with Crippen LogP contribution in [0.2, 0.25) is 0 Å². The van der Waals surface area contributed by atoms with E-state index in [-0.39, 0.29) is 57.3 Å². The van der Waals surface area contributed by atoms with Crippen LogP contribution in [-0.2, 0) is 6.42 Å². The van der Waals surface area contributed by atoms with Gasteiger partial charge in [0.25, 0.3) is 0 Å². The summed E-state index contributed by atoms with van der Waals surface area (Å²) < 4.78 is 0. The zero-order valence-electron chi connectivity index (χ0n) is 17.2. The predicted molar refractivity (Wildman–Crippen MR) is 113 cm³/mol. The SMILES string of the molecule is CCCO.N=C1CC(C2=C(c3ccccc3)C=CCC=C2)Cc2n[c-]ncc21.[K+]. The largest absolute Gasteiger partial charge is 1.00 e. The fraction of sp³-hybridized carbons (Fsp3) is 0.292. The third kappa shape index (κ3) is 6.38. The van der Waals surface area contributed by atoms with Crippen molar-refractivity contribution in [1.29, 1.82) is 5.41 Å². The van der Waals surface area contributed by atoms with Crippen molar-refractivity contribution in [1.82, 2.24) is 9.97 Å². The van der Waals surface area contributed by atoms with Gasteiger partial charge in [-0.3, -0.25) is 0 Å². The molecule has 4 rings (SSSR count). The minimum absolute atomic E-state index is 0. The summed E-state index contributed by atoms with van der Waals surface area (Å²) in [4.78, 5) is 8.24. The zero-order chi connectivity index (χ0) is 19.8. The van der Waals surface area contributed by atoms with Gasteiger partial charge >= 0.3 is 51.4 Å². The number of rotatable bonds is 3. The van der Waals surface area contributed by atoms with E-state index in [9.17, 15) is 0 Å². The minimum Gasteiger partial charge on any atom is -0.396 e. The predicted octanol–water partition coefficient (Wildman–Crippen LogP) is 1.57. The molecule has 2 N–H and O–H groups in total. The van der Waals surface area contributed by atoms with Crippen molar-refractivity contribution >= 4 is 11.3 Å². The first-order valence-electron chi connectivity index (χ1n) is 9.77. The average molecular weight is 412 g/mol. The molecule has 1 unspecified atom stereocenters. The van der Waals surface area contributed by atoms with E-state index in [4.69, 9.17) is 10.5 Å². The summed E-state index contributed by atoms with van der Waals surface area (Å²) in [5.41, 5.74) is 6.21. The molecule has 0 amide bonds. The minimum atomic E-state index is 0. The third-order valence-corrected chi connectivity index (χ3v) is 4.88. The Bertz CT molecular complexity index is 901. The quantitative estimate of drug-likeness (QED) is 0.595. The van der Waals surface area contributed by atoms with Gasteiger partial charge in [-0.25, -0.2) is 0 Å². The number of hydrogen-bond acceptors (Lipinski definition) is 4. The maximum Gasteiger partial charge on any atom is 1.00 e. The summed E-state index contributed by atoms with van der Waals surface area (Å²) in [5, 5.41) is 16.3. The van der Waals surface area contributed by atoms with E-state index in [2.05, 4.69) is 64.9 Å². The number of benzene rings is 1. The molecule has 0 radical (unpaired) electrons. The molecule has 2 aliphatic rings. The van der Waals surface area contributed by atoms with Crippen LogP contribution in [0, 0.1) is 17.7 Å². The average Bonchev–Trinajstić information content (AvgIpc) is 3.01. The molecule has 0 spiro atoms. The fourth-order valence-corrected chi connectivity index (χ4v) is 3.49. The Morgan fingerprint density at radius 1 is 1.14 bits per heavy atom. The summed E-state index contributed by atoms with van der Waals surface area (Å²) in [6, 6.07) is 10.5. The van der Waals surface area contributed by atoms with Gasteiger partial charge in [-0.15, -0.1) is 0 Å². The molecular weight excluding hydrogens is 385 g/mol. The monoisotopic (exact) mass is 411 g/mol. The molecule has 2 aromatic rings. The van der Waals surface area contributed by atoms with E-state index in [1.807, 2.05) is 13.0 Å². The Labute approximate surface area is 215 Å². The second kappa shape index (κ2) is 12.5. The molecule has 1 heterocycles. The van der Waals surface area contributed by atoms with Crippen LogP contribution in [0.1, 0.15) is 43.0 Å². The second-order valence-electron chi connectivity index (χ2n) is 6.91. The molecule has 0 saturated carbocycles. The number of nitrogens with zero attached hydrogens (tertiary/aromatic N) is 2. The van der Waals surface area contributed by atoms with Crippen molar-refractivity contribution in [3.05, 3.63) is 89.6 Å². The van der Waals surface area contributed by atoms with Gasteiger partial charge in [0.2, 0.25) is 0 Å². The molecule has 0 fully saturated rings. The van der Waals surface area contributed by atoms with Crippen LogP contribution in [0.4, 0.5) is 0 Å². The van der Waals surface area contributed by atoms with Gasteiger partial charge in [-0.05, 0) is 48.3 Å². The molecule has 1 aromatic heterocycles. The molecule has 0 bridgehead atoms. The number of aliphatic hydroxyl groups is 1. The van der Waals surface area contributed by atoms with Crippen molar-refractivity contribution in [2.45, 2.75) is 32.6 Å². The topological polar surface area (TPSA) is 69.9 Å². The van der Waals surface area contributed by atoms with E-state index < -0.39 is 0 Å². The molecule has 4 nitrogen and oxygen atoms in total. The van der Waals surface area contributed by atoms with Gasteiger partial charge in [0.15, 0.2) is 0 Å². The van der Waals surface area contributed by atoms with Crippen molar-refractivity contribution < 1.29 is 56.5 Å². The van der Waals surface area contributed by atoms with Crippen LogP contribution in [0.3, 0.4) is 0 Å². The molecule has 2 aliphatic carbocycles. The number of hydrogen-bond donors (Lipinski definition) is 2. The number of fused-ring (bicyclic) bond motifs is 1. The van der Waals surface area contributed by atoms with E-state index in [0.717, 1.165) is 36.9 Å². The Morgan fingerprint density at radius 2 is 1.86 bits per heavy atom. The smallest absolute Gasteiger partial charge is 0.396 e. The summed E-state index contributed by atoms with van der Waals surface area (Å²) >= 11 is 0. The van der Waals surface area contributed by atoms with Crippen LogP contribution >= 0.6 is 0 Å². The Balaban J connectivity index is 0.000000552. The van der Waals surface area contributed by atoms with E-state index in [0.29, 0.717) is 12.3 Å². The molecule has 0 aliphatic heterocycles. The summed E-state index contributed by atoms with van der Waals surface area (Å²) in [6.45, 7) is 2.25. The van der Waals surface area contributed by atoms with Crippen molar-refractivity contribution in [3.8, 4) is 0 Å². The first kappa shape index (κ1) is 24.1. The van der Waals surface area contributed by atoms with E-state index in [1.54, 1.807) is 6.20 Å². The van der Waals surface area contributed by atoms with Crippen LogP contribution in [0.25, 0.3) is 5.57 Å². The van der Waals surface area contributed by atoms with Gasteiger partial charge in [0.05, 0.1) is 0 Å². The maximum absolute atomic E-state index is 8.39. The normalized spacial score (nSPS) is 17.6. The third-order valence-electron chi connectivity index (χ3n) is 4.88. The van der Waals surface area contributed by atoms with Gasteiger partial charge in [0.1, 0.15) is 0 Å². The number of nitrogens with one attached hydrogen (secondary N) is 1. The van der Waals surface area contributed by atoms with Crippen molar-refractivity contribution in [2.24, 2.45) is 5.92 Å². The van der Waals surface area contributed by atoms with Crippen molar-refractivity contribution in [3.63, 3.8) is 0 Å². The molecule has 144 valence electrons. The summed E-state index contributed by atoms with van der Waals surface area (Å²) in [5.74, 6) is 0.266. The molecule has 5 heteroatoms.